The van der Waals surface area contributed by atoms with E-state index in [0.717, 1.165) is 12.8 Å². The Morgan fingerprint density at radius 3 is 1.54 bits per heavy atom. The van der Waals surface area contributed by atoms with Crippen molar-refractivity contribution < 1.29 is 9.90 Å². The van der Waals surface area contributed by atoms with E-state index in [1.54, 1.807) is 0 Å². The molecule has 0 heterocycles. The number of aryl methyl sites for hydroxylation is 3. The molecule has 0 atom stereocenters. The molecule has 160 valence electrons. The molecule has 0 aliphatic carbocycles. The molecule has 1 N–H and O–H groups in total. The summed E-state index contributed by atoms with van der Waals surface area (Å²) in [6, 6.07) is 6.85. The van der Waals surface area contributed by atoms with Gasteiger partial charge in [0.05, 0.1) is 0 Å². The first-order valence-corrected chi connectivity index (χ1v) is 11.9. The van der Waals surface area contributed by atoms with Gasteiger partial charge in [-0.05, 0) is 44.2 Å². The number of hydrogen-bond acceptors (Lipinski definition) is 1. The first-order chi connectivity index (χ1) is 13.6. The molecule has 0 aromatic heterocycles. The number of carboxylic acids is 1. The Kier molecular flexibility index (Phi) is 14.7. The van der Waals surface area contributed by atoms with Gasteiger partial charge in [-0.3, -0.25) is 4.79 Å². The molecular weight excluding hydrogens is 344 g/mol. The molecular formula is C26H44O2. The maximum Gasteiger partial charge on any atom is 0.303 e. The summed E-state index contributed by atoms with van der Waals surface area (Å²) in [4.78, 5) is 10.4. The third-order valence-corrected chi connectivity index (χ3v) is 5.83. The minimum Gasteiger partial charge on any atom is -0.481 e. The summed E-state index contributed by atoms with van der Waals surface area (Å²) in [6.45, 7) is 4.41. The van der Waals surface area contributed by atoms with Crippen molar-refractivity contribution in [3.8, 4) is 0 Å². The highest BCUT2D eigenvalue weighted by atomic mass is 16.4. The zero-order valence-corrected chi connectivity index (χ0v) is 18.6. The molecule has 0 aliphatic heterocycles. The quantitative estimate of drug-likeness (QED) is 0.257. The average Bonchev–Trinajstić information content (AvgIpc) is 2.65. The Balaban J connectivity index is 1.78. The van der Waals surface area contributed by atoms with E-state index in [2.05, 4.69) is 32.0 Å². The van der Waals surface area contributed by atoms with E-state index < -0.39 is 5.97 Å². The lowest BCUT2D eigenvalue weighted by molar-refractivity contribution is -0.137. The minimum atomic E-state index is -0.655. The lowest BCUT2D eigenvalue weighted by atomic mass is 9.99. The second-order valence-electron chi connectivity index (χ2n) is 8.63. The third kappa shape index (κ3) is 13.8. The van der Waals surface area contributed by atoms with Crippen molar-refractivity contribution in [2.75, 3.05) is 0 Å². The molecule has 0 bridgehead atoms. The zero-order chi connectivity index (χ0) is 20.5. The van der Waals surface area contributed by atoms with Gasteiger partial charge in [0.1, 0.15) is 0 Å². The van der Waals surface area contributed by atoms with E-state index in [0.29, 0.717) is 6.42 Å². The van der Waals surface area contributed by atoms with Gasteiger partial charge in [0.2, 0.25) is 0 Å². The lowest BCUT2D eigenvalue weighted by Crippen LogP contribution is -1.93. The summed E-state index contributed by atoms with van der Waals surface area (Å²) >= 11 is 0. The number of carboxylic acid groups (broad SMARTS) is 1. The molecule has 2 nitrogen and oxygen atoms in total. The second kappa shape index (κ2) is 16.6. The first-order valence-electron chi connectivity index (χ1n) is 11.9. The largest absolute Gasteiger partial charge is 0.481 e. The van der Waals surface area contributed by atoms with Gasteiger partial charge in [0, 0.05) is 6.42 Å². The number of unbranched alkanes of at least 4 members (excludes halogenated alkanes) is 14. The van der Waals surface area contributed by atoms with Crippen molar-refractivity contribution in [1.82, 2.24) is 0 Å². The molecule has 0 unspecified atom stereocenters. The van der Waals surface area contributed by atoms with Gasteiger partial charge in [-0.2, -0.15) is 0 Å². The molecule has 0 saturated carbocycles. The molecule has 0 aliphatic rings. The van der Waals surface area contributed by atoms with Gasteiger partial charge in [0.15, 0.2) is 0 Å². The van der Waals surface area contributed by atoms with Crippen LogP contribution in [0.4, 0.5) is 0 Å². The number of rotatable bonds is 18. The first kappa shape index (κ1) is 24.7. The fourth-order valence-corrected chi connectivity index (χ4v) is 4.02. The molecule has 0 amide bonds. The fourth-order valence-electron chi connectivity index (χ4n) is 4.02. The Morgan fingerprint density at radius 1 is 0.679 bits per heavy atom. The molecule has 0 radical (unpaired) electrons. The Hall–Kier alpha value is -1.31. The van der Waals surface area contributed by atoms with Gasteiger partial charge in [-0.1, -0.05) is 107 Å². The van der Waals surface area contributed by atoms with Gasteiger partial charge < -0.3 is 5.11 Å². The van der Waals surface area contributed by atoms with Crippen molar-refractivity contribution in [2.24, 2.45) is 0 Å². The van der Waals surface area contributed by atoms with E-state index in [-0.39, 0.29) is 0 Å². The van der Waals surface area contributed by atoms with Crippen LogP contribution in [-0.2, 0) is 11.2 Å². The maximum atomic E-state index is 10.4. The van der Waals surface area contributed by atoms with Crippen molar-refractivity contribution in [3.63, 3.8) is 0 Å². The molecule has 0 saturated heterocycles. The van der Waals surface area contributed by atoms with Crippen LogP contribution in [0.25, 0.3) is 0 Å². The highest BCUT2D eigenvalue weighted by Crippen LogP contribution is 2.16. The van der Waals surface area contributed by atoms with E-state index in [1.165, 1.54) is 107 Å². The Labute approximate surface area is 174 Å². The topological polar surface area (TPSA) is 37.3 Å². The van der Waals surface area contributed by atoms with Crippen molar-refractivity contribution in [2.45, 2.75) is 123 Å². The minimum absolute atomic E-state index is 0.340. The fraction of sp³-hybridized carbons (Fsp3) is 0.731. The van der Waals surface area contributed by atoms with Crippen LogP contribution in [0.1, 0.15) is 119 Å². The third-order valence-electron chi connectivity index (χ3n) is 5.83. The standard InChI is InChI=1S/C26H44O2/c1-23-20-21-25(24(2)22-23)18-16-14-12-10-8-6-4-3-5-7-9-11-13-15-17-19-26(27)28/h20-22H,3-19H2,1-2H3,(H,27,28). The monoisotopic (exact) mass is 388 g/mol. The number of hydrogen-bond donors (Lipinski definition) is 1. The Morgan fingerprint density at radius 2 is 1.11 bits per heavy atom. The van der Waals surface area contributed by atoms with Crippen molar-refractivity contribution >= 4 is 5.97 Å². The maximum absolute atomic E-state index is 10.4. The average molecular weight is 389 g/mol. The highest BCUT2D eigenvalue weighted by molar-refractivity contribution is 5.66. The summed E-state index contributed by atoms with van der Waals surface area (Å²) in [7, 11) is 0. The highest BCUT2D eigenvalue weighted by Gasteiger charge is 1.99. The van der Waals surface area contributed by atoms with Gasteiger partial charge in [-0.15, -0.1) is 0 Å². The molecule has 1 aromatic carbocycles. The predicted octanol–water partition coefficient (Wildman–Crippen LogP) is 8.17. The molecule has 28 heavy (non-hydrogen) atoms. The Bertz CT molecular complexity index is 521. The second-order valence-corrected chi connectivity index (χ2v) is 8.63. The van der Waals surface area contributed by atoms with E-state index >= 15 is 0 Å². The summed E-state index contributed by atoms with van der Waals surface area (Å²) in [5.74, 6) is -0.655. The van der Waals surface area contributed by atoms with Gasteiger partial charge in [0.25, 0.3) is 0 Å². The normalized spacial score (nSPS) is 11.1. The SMILES string of the molecule is Cc1ccc(CCCCCCCCCCCCCCCCCC(=O)O)c(C)c1. The number of carbonyl (C=O) groups is 1. The van der Waals surface area contributed by atoms with E-state index in [1.807, 2.05) is 0 Å². The number of benzene rings is 1. The van der Waals surface area contributed by atoms with E-state index in [4.69, 9.17) is 5.11 Å². The molecule has 1 rings (SSSR count). The zero-order valence-electron chi connectivity index (χ0n) is 18.6. The van der Waals surface area contributed by atoms with Crippen LogP contribution in [0, 0.1) is 13.8 Å². The lowest BCUT2D eigenvalue weighted by Gasteiger charge is -2.07. The predicted molar refractivity (Wildman–Crippen MR) is 121 cm³/mol. The molecule has 1 aromatic rings. The van der Waals surface area contributed by atoms with Crippen LogP contribution in [0.2, 0.25) is 0 Å². The summed E-state index contributed by atoms with van der Waals surface area (Å²) in [5, 5.41) is 8.59. The van der Waals surface area contributed by atoms with Crippen LogP contribution >= 0.6 is 0 Å². The number of aliphatic carboxylic acids is 1. The summed E-state index contributed by atoms with van der Waals surface area (Å²) in [5.41, 5.74) is 4.36. The van der Waals surface area contributed by atoms with Crippen LogP contribution < -0.4 is 0 Å². The van der Waals surface area contributed by atoms with Crippen molar-refractivity contribution in [1.29, 1.82) is 0 Å². The van der Waals surface area contributed by atoms with Gasteiger partial charge in [-0.25, -0.2) is 0 Å². The van der Waals surface area contributed by atoms with E-state index in [9.17, 15) is 4.79 Å². The molecule has 0 spiro atoms. The molecule has 2 heteroatoms. The summed E-state index contributed by atoms with van der Waals surface area (Å²) < 4.78 is 0. The van der Waals surface area contributed by atoms with Crippen LogP contribution in [0.3, 0.4) is 0 Å². The van der Waals surface area contributed by atoms with Crippen molar-refractivity contribution in [3.05, 3.63) is 34.9 Å². The van der Waals surface area contributed by atoms with Crippen LogP contribution in [0.15, 0.2) is 18.2 Å². The smallest absolute Gasteiger partial charge is 0.303 e. The molecule has 0 fully saturated rings. The van der Waals surface area contributed by atoms with Crippen LogP contribution in [0.5, 0.6) is 0 Å². The van der Waals surface area contributed by atoms with Gasteiger partial charge >= 0.3 is 5.97 Å². The summed E-state index contributed by atoms with van der Waals surface area (Å²) in [6.07, 6.45) is 21.2. The van der Waals surface area contributed by atoms with Crippen LogP contribution in [-0.4, -0.2) is 11.1 Å².